The lowest BCUT2D eigenvalue weighted by Crippen LogP contribution is -2.43. The lowest BCUT2D eigenvalue weighted by molar-refractivity contribution is 0.233. The van der Waals surface area contributed by atoms with Crippen molar-refractivity contribution in [2.45, 2.75) is 33.7 Å². The number of rotatable bonds is 2. The standard InChI is InChI=1S/C13H17Cl3N2O/c1-7(13(2,3)4)17-12(19)18-11-6-9(15)8(14)5-10(11)16/h5-7H,1-4H3,(H2,17,18,19). The van der Waals surface area contributed by atoms with Crippen LogP contribution in [0.25, 0.3) is 0 Å². The van der Waals surface area contributed by atoms with Crippen molar-refractivity contribution in [1.82, 2.24) is 5.32 Å². The first-order chi connectivity index (χ1) is 8.61. The molecule has 0 aliphatic rings. The third kappa shape index (κ3) is 4.75. The Kier molecular flexibility index (Phi) is 5.36. The van der Waals surface area contributed by atoms with E-state index in [9.17, 15) is 4.79 Å². The second-order valence-electron chi connectivity index (χ2n) is 5.43. The highest BCUT2D eigenvalue weighted by Crippen LogP contribution is 2.32. The van der Waals surface area contributed by atoms with Gasteiger partial charge in [-0.1, -0.05) is 55.6 Å². The van der Waals surface area contributed by atoms with Crippen LogP contribution in [0.15, 0.2) is 12.1 Å². The number of halogens is 3. The second kappa shape index (κ2) is 6.21. The number of carbonyl (C=O) groups is 1. The van der Waals surface area contributed by atoms with Gasteiger partial charge in [0.25, 0.3) is 0 Å². The van der Waals surface area contributed by atoms with Gasteiger partial charge in [0.2, 0.25) is 0 Å². The maximum Gasteiger partial charge on any atom is 0.319 e. The highest BCUT2D eigenvalue weighted by molar-refractivity contribution is 6.44. The molecule has 0 radical (unpaired) electrons. The van der Waals surface area contributed by atoms with Gasteiger partial charge < -0.3 is 10.6 Å². The van der Waals surface area contributed by atoms with Crippen molar-refractivity contribution in [3.05, 3.63) is 27.2 Å². The summed E-state index contributed by atoms with van der Waals surface area (Å²) >= 11 is 17.7. The van der Waals surface area contributed by atoms with Crippen LogP contribution in [0.4, 0.5) is 10.5 Å². The summed E-state index contributed by atoms with van der Waals surface area (Å²) in [6, 6.07) is 2.69. The van der Waals surface area contributed by atoms with Crippen molar-refractivity contribution in [2.24, 2.45) is 5.41 Å². The Hall–Kier alpha value is -0.640. The summed E-state index contributed by atoms with van der Waals surface area (Å²) in [6.45, 7) is 8.08. The van der Waals surface area contributed by atoms with E-state index in [2.05, 4.69) is 10.6 Å². The number of anilines is 1. The molecule has 3 nitrogen and oxygen atoms in total. The van der Waals surface area contributed by atoms with E-state index in [1.54, 1.807) is 0 Å². The molecule has 0 saturated carbocycles. The average Bonchev–Trinajstić information content (AvgIpc) is 2.24. The van der Waals surface area contributed by atoms with Crippen molar-refractivity contribution in [3.8, 4) is 0 Å². The molecular weight excluding hydrogens is 307 g/mol. The van der Waals surface area contributed by atoms with Crippen LogP contribution < -0.4 is 10.6 Å². The fraction of sp³-hybridized carbons (Fsp3) is 0.462. The number of amides is 2. The number of benzene rings is 1. The highest BCUT2D eigenvalue weighted by atomic mass is 35.5. The van der Waals surface area contributed by atoms with Gasteiger partial charge in [-0.2, -0.15) is 0 Å². The van der Waals surface area contributed by atoms with E-state index in [-0.39, 0.29) is 17.5 Å². The molecule has 0 spiro atoms. The van der Waals surface area contributed by atoms with E-state index < -0.39 is 0 Å². The van der Waals surface area contributed by atoms with Gasteiger partial charge in [0.15, 0.2) is 0 Å². The lowest BCUT2D eigenvalue weighted by atomic mass is 9.88. The molecule has 19 heavy (non-hydrogen) atoms. The zero-order valence-corrected chi connectivity index (χ0v) is 13.5. The van der Waals surface area contributed by atoms with Gasteiger partial charge >= 0.3 is 6.03 Å². The quantitative estimate of drug-likeness (QED) is 0.721. The first-order valence-corrected chi connectivity index (χ1v) is 6.96. The molecule has 1 rings (SSSR count). The van der Waals surface area contributed by atoms with Gasteiger partial charge in [-0.3, -0.25) is 0 Å². The Morgan fingerprint density at radius 2 is 1.63 bits per heavy atom. The van der Waals surface area contributed by atoms with E-state index in [0.717, 1.165) is 0 Å². The Balaban J connectivity index is 2.76. The monoisotopic (exact) mass is 322 g/mol. The fourth-order valence-electron chi connectivity index (χ4n) is 1.19. The molecule has 2 amide bonds. The van der Waals surface area contributed by atoms with Crippen molar-refractivity contribution in [1.29, 1.82) is 0 Å². The van der Waals surface area contributed by atoms with Crippen LogP contribution in [-0.4, -0.2) is 12.1 Å². The van der Waals surface area contributed by atoms with Gasteiger partial charge in [-0.15, -0.1) is 0 Å². The van der Waals surface area contributed by atoms with E-state index in [4.69, 9.17) is 34.8 Å². The second-order valence-corrected chi connectivity index (χ2v) is 6.65. The summed E-state index contributed by atoms with van der Waals surface area (Å²) in [5.74, 6) is 0. The van der Waals surface area contributed by atoms with Crippen LogP contribution in [0, 0.1) is 5.41 Å². The summed E-state index contributed by atoms with van der Waals surface area (Å²) < 4.78 is 0. The van der Waals surface area contributed by atoms with E-state index in [0.29, 0.717) is 20.8 Å². The van der Waals surface area contributed by atoms with Crippen LogP contribution in [0.3, 0.4) is 0 Å². The average molecular weight is 324 g/mol. The van der Waals surface area contributed by atoms with Gasteiger partial charge in [-0.05, 0) is 24.5 Å². The molecule has 1 aromatic rings. The predicted octanol–water partition coefficient (Wildman–Crippen LogP) is 5.20. The van der Waals surface area contributed by atoms with Crippen LogP contribution in [0.5, 0.6) is 0 Å². The highest BCUT2D eigenvalue weighted by Gasteiger charge is 2.22. The summed E-state index contributed by atoms with van der Waals surface area (Å²) in [4.78, 5) is 11.9. The smallest absolute Gasteiger partial charge is 0.319 e. The summed E-state index contributed by atoms with van der Waals surface area (Å²) in [5, 5.41) is 6.53. The molecule has 0 heterocycles. The third-order valence-corrected chi connectivity index (χ3v) is 3.94. The molecule has 1 aromatic carbocycles. The minimum absolute atomic E-state index is 0.00838. The normalized spacial score (nSPS) is 13.0. The molecule has 0 aliphatic heterocycles. The molecular formula is C13H17Cl3N2O. The van der Waals surface area contributed by atoms with Crippen LogP contribution in [-0.2, 0) is 0 Å². The molecule has 0 aliphatic carbocycles. The summed E-state index contributed by atoms with van der Waals surface area (Å²) in [6.07, 6.45) is 0. The zero-order valence-electron chi connectivity index (χ0n) is 11.3. The molecule has 2 N–H and O–H groups in total. The number of urea groups is 1. The van der Waals surface area contributed by atoms with Crippen LogP contribution in [0.2, 0.25) is 15.1 Å². The topological polar surface area (TPSA) is 41.1 Å². The minimum Gasteiger partial charge on any atom is -0.335 e. The van der Waals surface area contributed by atoms with Gasteiger partial charge in [0.1, 0.15) is 0 Å². The molecule has 0 saturated heterocycles. The molecule has 0 bridgehead atoms. The van der Waals surface area contributed by atoms with Crippen molar-refractivity contribution in [2.75, 3.05) is 5.32 Å². The first-order valence-electron chi connectivity index (χ1n) is 5.83. The Morgan fingerprint density at radius 1 is 1.11 bits per heavy atom. The van der Waals surface area contributed by atoms with Crippen molar-refractivity contribution >= 4 is 46.5 Å². The minimum atomic E-state index is -0.331. The molecule has 1 atom stereocenters. The van der Waals surface area contributed by atoms with Crippen LogP contribution in [0.1, 0.15) is 27.7 Å². The van der Waals surface area contributed by atoms with Gasteiger partial charge in [0, 0.05) is 6.04 Å². The number of nitrogens with one attached hydrogen (secondary N) is 2. The van der Waals surface area contributed by atoms with Gasteiger partial charge in [-0.25, -0.2) is 4.79 Å². The Morgan fingerprint density at radius 3 is 2.16 bits per heavy atom. The molecule has 0 aromatic heterocycles. The molecule has 6 heteroatoms. The van der Waals surface area contributed by atoms with Crippen molar-refractivity contribution in [3.63, 3.8) is 0 Å². The first kappa shape index (κ1) is 16.4. The zero-order chi connectivity index (χ0) is 14.8. The number of carbonyl (C=O) groups excluding carboxylic acids is 1. The Labute approximate surface area is 128 Å². The molecule has 0 fully saturated rings. The van der Waals surface area contributed by atoms with Gasteiger partial charge in [0.05, 0.1) is 20.8 Å². The molecule has 1 unspecified atom stereocenters. The summed E-state index contributed by atoms with van der Waals surface area (Å²) in [5.41, 5.74) is 0.397. The van der Waals surface area contributed by atoms with E-state index >= 15 is 0 Å². The number of hydrogen-bond donors (Lipinski definition) is 2. The van der Waals surface area contributed by atoms with Crippen LogP contribution >= 0.6 is 34.8 Å². The fourth-order valence-corrected chi connectivity index (χ4v) is 1.78. The predicted molar refractivity (Wildman–Crippen MR) is 82.5 cm³/mol. The maximum atomic E-state index is 11.9. The SMILES string of the molecule is CC(NC(=O)Nc1cc(Cl)c(Cl)cc1Cl)C(C)(C)C. The van der Waals surface area contributed by atoms with E-state index in [1.165, 1.54) is 12.1 Å². The van der Waals surface area contributed by atoms with E-state index in [1.807, 2.05) is 27.7 Å². The number of hydrogen-bond acceptors (Lipinski definition) is 1. The molecule has 106 valence electrons. The lowest BCUT2D eigenvalue weighted by Gasteiger charge is -2.28. The maximum absolute atomic E-state index is 11.9. The Bertz CT molecular complexity index is 484. The third-order valence-electron chi connectivity index (χ3n) is 2.90. The largest absolute Gasteiger partial charge is 0.335 e. The van der Waals surface area contributed by atoms with Crippen molar-refractivity contribution < 1.29 is 4.79 Å². The summed E-state index contributed by atoms with van der Waals surface area (Å²) in [7, 11) is 0.